The Morgan fingerprint density at radius 1 is 1.00 bits per heavy atom. The summed E-state index contributed by atoms with van der Waals surface area (Å²) in [6, 6.07) is 21.5. The maximum absolute atomic E-state index is 13.2. The average Bonchev–Trinajstić information content (AvgIpc) is 2.74. The molecular formula is C23H23ClN2O3. The van der Waals surface area contributed by atoms with Gasteiger partial charge in [0.05, 0.1) is 24.4 Å². The highest BCUT2D eigenvalue weighted by Crippen LogP contribution is 2.30. The van der Waals surface area contributed by atoms with E-state index in [-0.39, 0.29) is 5.91 Å². The first-order chi connectivity index (χ1) is 14.1. The fraction of sp³-hybridized carbons (Fsp3) is 0.174. The largest absolute Gasteiger partial charge is 0.495 e. The van der Waals surface area contributed by atoms with Crippen LogP contribution in [0.15, 0.2) is 72.8 Å². The molecule has 29 heavy (non-hydrogen) atoms. The van der Waals surface area contributed by atoms with Crippen LogP contribution in [0.1, 0.15) is 18.5 Å². The molecule has 0 aliphatic carbocycles. The topological polar surface area (TPSA) is 59.6 Å². The zero-order valence-corrected chi connectivity index (χ0v) is 17.1. The van der Waals surface area contributed by atoms with Gasteiger partial charge in [-0.1, -0.05) is 54.1 Å². The highest BCUT2D eigenvalue weighted by molar-refractivity contribution is 6.32. The highest BCUT2D eigenvalue weighted by Gasteiger charge is 2.22. The number of para-hydroxylation sites is 2. The van der Waals surface area contributed by atoms with Crippen LogP contribution in [0.4, 0.5) is 11.4 Å². The van der Waals surface area contributed by atoms with E-state index in [0.717, 1.165) is 5.56 Å². The fourth-order valence-electron chi connectivity index (χ4n) is 2.92. The fourth-order valence-corrected chi connectivity index (χ4v) is 3.18. The van der Waals surface area contributed by atoms with E-state index >= 15 is 0 Å². The van der Waals surface area contributed by atoms with Crippen LogP contribution < -0.4 is 20.1 Å². The summed E-state index contributed by atoms with van der Waals surface area (Å²) < 4.78 is 10.8. The maximum Gasteiger partial charge on any atom is 0.251 e. The van der Waals surface area contributed by atoms with Gasteiger partial charge >= 0.3 is 0 Å². The Bertz CT molecular complexity index is 963. The Hall–Kier alpha value is -3.18. The normalized spacial score (nSPS) is 11.4. The van der Waals surface area contributed by atoms with E-state index < -0.39 is 6.04 Å². The maximum atomic E-state index is 13.2. The number of rotatable bonds is 8. The standard InChI is InChI=1S/C23H23ClN2O3/c1-3-29-21-12-8-7-11-19(21)26-23(27)22(16-9-5-4-6-10-16)25-17-13-14-20(28-2)18(24)15-17/h4-15,22,25H,3H2,1-2H3,(H,26,27)/t22-/m1/s1. The number of carbonyl (C=O) groups excluding carboxylic acids is 1. The van der Waals surface area contributed by atoms with Crippen molar-refractivity contribution >= 4 is 28.9 Å². The Morgan fingerprint density at radius 2 is 1.72 bits per heavy atom. The summed E-state index contributed by atoms with van der Waals surface area (Å²) in [5.74, 6) is 0.988. The molecule has 3 aromatic carbocycles. The Labute approximate surface area is 175 Å². The summed E-state index contributed by atoms with van der Waals surface area (Å²) in [4.78, 5) is 13.2. The van der Waals surface area contributed by atoms with E-state index in [1.807, 2.05) is 67.6 Å². The third kappa shape index (κ3) is 5.21. The lowest BCUT2D eigenvalue weighted by molar-refractivity contribution is -0.117. The third-order valence-corrected chi connectivity index (χ3v) is 4.60. The van der Waals surface area contributed by atoms with Crippen molar-refractivity contribution in [2.24, 2.45) is 0 Å². The Kier molecular flexibility index (Phi) is 6.98. The second-order valence-electron chi connectivity index (χ2n) is 6.26. The molecule has 0 aliphatic rings. The predicted molar refractivity (Wildman–Crippen MR) is 117 cm³/mol. The number of nitrogens with one attached hydrogen (secondary N) is 2. The number of ether oxygens (including phenoxy) is 2. The average molecular weight is 411 g/mol. The SMILES string of the molecule is CCOc1ccccc1NC(=O)[C@H](Nc1ccc(OC)c(Cl)c1)c1ccccc1. The lowest BCUT2D eigenvalue weighted by atomic mass is 10.1. The smallest absolute Gasteiger partial charge is 0.251 e. The van der Waals surface area contributed by atoms with Gasteiger partial charge in [-0.25, -0.2) is 0 Å². The number of halogens is 1. The Balaban J connectivity index is 1.88. The summed E-state index contributed by atoms with van der Waals surface area (Å²) in [5, 5.41) is 6.70. The molecule has 3 rings (SSSR count). The molecule has 0 bridgehead atoms. The van der Waals surface area contributed by atoms with E-state index in [4.69, 9.17) is 21.1 Å². The molecule has 2 N–H and O–H groups in total. The second-order valence-corrected chi connectivity index (χ2v) is 6.66. The van der Waals surface area contributed by atoms with Crippen molar-refractivity contribution in [3.8, 4) is 11.5 Å². The molecule has 1 atom stereocenters. The van der Waals surface area contributed by atoms with Crippen molar-refractivity contribution < 1.29 is 14.3 Å². The summed E-state index contributed by atoms with van der Waals surface area (Å²) in [6.45, 7) is 2.41. The van der Waals surface area contributed by atoms with E-state index in [0.29, 0.717) is 34.5 Å². The van der Waals surface area contributed by atoms with Crippen LogP contribution >= 0.6 is 11.6 Å². The van der Waals surface area contributed by atoms with Crippen LogP contribution in [0.5, 0.6) is 11.5 Å². The van der Waals surface area contributed by atoms with Crippen LogP contribution in [0, 0.1) is 0 Å². The lowest BCUT2D eigenvalue weighted by Gasteiger charge is -2.21. The number of benzene rings is 3. The summed E-state index contributed by atoms with van der Waals surface area (Å²) in [5.41, 5.74) is 2.15. The van der Waals surface area contributed by atoms with Crippen molar-refractivity contribution in [1.29, 1.82) is 0 Å². The van der Waals surface area contributed by atoms with Gasteiger partial charge in [0.15, 0.2) is 0 Å². The molecule has 0 aromatic heterocycles. The molecule has 150 valence electrons. The number of amides is 1. The highest BCUT2D eigenvalue weighted by atomic mass is 35.5. The van der Waals surface area contributed by atoms with Crippen LogP contribution in [0.2, 0.25) is 5.02 Å². The molecule has 6 heteroatoms. The summed E-state index contributed by atoms with van der Waals surface area (Å²) in [6.07, 6.45) is 0. The first-order valence-corrected chi connectivity index (χ1v) is 9.68. The van der Waals surface area contributed by atoms with Gasteiger partial charge in [0, 0.05) is 5.69 Å². The summed E-state index contributed by atoms with van der Waals surface area (Å²) >= 11 is 6.24. The minimum absolute atomic E-state index is 0.213. The Morgan fingerprint density at radius 3 is 2.41 bits per heavy atom. The van der Waals surface area contributed by atoms with Crippen LogP contribution in [-0.2, 0) is 4.79 Å². The van der Waals surface area contributed by atoms with Crippen molar-refractivity contribution in [1.82, 2.24) is 0 Å². The molecule has 3 aromatic rings. The first kappa shape index (κ1) is 20.6. The molecule has 0 fully saturated rings. The van der Waals surface area contributed by atoms with Gasteiger partial charge in [0.25, 0.3) is 5.91 Å². The van der Waals surface area contributed by atoms with E-state index in [1.54, 1.807) is 19.2 Å². The third-order valence-electron chi connectivity index (χ3n) is 4.30. The molecule has 0 saturated carbocycles. The molecule has 0 unspecified atom stereocenters. The van der Waals surface area contributed by atoms with Crippen LogP contribution in [0.25, 0.3) is 0 Å². The zero-order valence-electron chi connectivity index (χ0n) is 16.3. The van der Waals surface area contributed by atoms with Crippen molar-refractivity contribution in [2.45, 2.75) is 13.0 Å². The molecule has 0 spiro atoms. The van der Waals surface area contributed by atoms with E-state index in [9.17, 15) is 4.79 Å². The van der Waals surface area contributed by atoms with Crippen LogP contribution in [0.3, 0.4) is 0 Å². The number of hydrogen-bond donors (Lipinski definition) is 2. The van der Waals surface area contributed by atoms with Gasteiger partial charge < -0.3 is 20.1 Å². The molecule has 0 heterocycles. The second kappa shape index (κ2) is 9.85. The molecule has 5 nitrogen and oxygen atoms in total. The number of hydrogen-bond acceptors (Lipinski definition) is 4. The monoisotopic (exact) mass is 410 g/mol. The van der Waals surface area contributed by atoms with Gasteiger partial charge in [-0.05, 0) is 42.8 Å². The molecular weight excluding hydrogens is 388 g/mol. The van der Waals surface area contributed by atoms with Gasteiger partial charge in [-0.3, -0.25) is 4.79 Å². The number of methoxy groups -OCH3 is 1. The van der Waals surface area contributed by atoms with Crippen LogP contribution in [-0.4, -0.2) is 19.6 Å². The first-order valence-electron chi connectivity index (χ1n) is 9.30. The summed E-state index contributed by atoms with van der Waals surface area (Å²) in [7, 11) is 1.56. The minimum atomic E-state index is -0.629. The van der Waals surface area contributed by atoms with Gasteiger partial charge in [0.1, 0.15) is 17.5 Å². The van der Waals surface area contributed by atoms with E-state index in [1.165, 1.54) is 0 Å². The number of anilines is 2. The minimum Gasteiger partial charge on any atom is -0.495 e. The molecule has 0 aliphatic heterocycles. The van der Waals surface area contributed by atoms with Gasteiger partial charge in [-0.2, -0.15) is 0 Å². The molecule has 0 radical (unpaired) electrons. The molecule has 1 amide bonds. The zero-order chi connectivity index (χ0) is 20.6. The van der Waals surface area contributed by atoms with Crippen molar-refractivity contribution in [3.63, 3.8) is 0 Å². The number of carbonyl (C=O) groups is 1. The van der Waals surface area contributed by atoms with Crippen molar-refractivity contribution in [3.05, 3.63) is 83.4 Å². The van der Waals surface area contributed by atoms with E-state index in [2.05, 4.69) is 10.6 Å². The predicted octanol–water partition coefficient (Wildman–Crippen LogP) is 5.54. The van der Waals surface area contributed by atoms with Crippen molar-refractivity contribution in [2.75, 3.05) is 24.4 Å². The van der Waals surface area contributed by atoms with Gasteiger partial charge in [-0.15, -0.1) is 0 Å². The quantitative estimate of drug-likeness (QED) is 0.512. The lowest BCUT2D eigenvalue weighted by Crippen LogP contribution is -2.27. The van der Waals surface area contributed by atoms with Gasteiger partial charge in [0.2, 0.25) is 0 Å². The molecule has 0 saturated heterocycles.